The molecule has 2 rings (SSSR count). The molecule has 2 fully saturated rings. The van der Waals surface area contributed by atoms with Crippen molar-refractivity contribution in [2.45, 2.75) is 45.1 Å². The highest BCUT2D eigenvalue weighted by atomic mass is 16.3. The Bertz CT molecular complexity index is 175. The van der Waals surface area contributed by atoms with Gasteiger partial charge in [0.1, 0.15) is 0 Å². The number of nitrogens with zero attached hydrogens (tertiary/aromatic N) is 1. The Kier molecular flexibility index (Phi) is 2.61. The maximum atomic E-state index is 9.42. The van der Waals surface area contributed by atoms with Crippen LogP contribution >= 0.6 is 0 Å². The molecule has 0 aromatic carbocycles. The zero-order chi connectivity index (χ0) is 9.31. The average Bonchev–Trinajstić information content (AvgIpc) is 2.62. The third-order valence-electron chi connectivity index (χ3n) is 3.66. The highest BCUT2D eigenvalue weighted by Gasteiger charge is 2.32. The Morgan fingerprint density at radius 1 is 1.38 bits per heavy atom. The maximum Gasteiger partial charge on any atom is 0.0679 e. The van der Waals surface area contributed by atoms with Gasteiger partial charge in [0.2, 0.25) is 0 Å². The third-order valence-corrected chi connectivity index (χ3v) is 3.66. The Hall–Kier alpha value is -0.0800. The first-order valence-electron chi connectivity index (χ1n) is 5.58. The number of aliphatic hydroxyl groups is 1. The van der Waals surface area contributed by atoms with Crippen LogP contribution in [0.1, 0.15) is 39.0 Å². The van der Waals surface area contributed by atoms with Crippen LogP contribution in [0.5, 0.6) is 0 Å². The van der Waals surface area contributed by atoms with E-state index >= 15 is 0 Å². The van der Waals surface area contributed by atoms with Gasteiger partial charge in [0.15, 0.2) is 0 Å². The van der Waals surface area contributed by atoms with Gasteiger partial charge in [0, 0.05) is 19.6 Å². The van der Waals surface area contributed by atoms with E-state index in [4.69, 9.17) is 0 Å². The van der Waals surface area contributed by atoms with Crippen molar-refractivity contribution in [2.75, 3.05) is 19.6 Å². The fourth-order valence-electron chi connectivity index (χ4n) is 2.88. The number of rotatable bonds is 2. The summed E-state index contributed by atoms with van der Waals surface area (Å²) in [5, 5.41) is 9.42. The van der Waals surface area contributed by atoms with Gasteiger partial charge in [-0.15, -0.1) is 0 Å². The molecule has 1 aliphatic carbocycles. The van der Waals surface area contributed by atoms with Gasteiger partial charge in [0.05, 0.1) is 6.10 Å². The molecule has 2 aliphatic rings. The minimum Gasteiger partial charge on any atom is -0.392 e. The van der Waals surface area contributed by atoms with Gasteiger partial charge >= 0.3 is 0 Å². The largest absolute Gasteiger partial charge is 0.392 e. The van der Waals surface area contributed by atoms with Crippen molar-refractivity contribution < 1.29 is 5.11 Å². The van der Waals surface area contributed by atoms with Crippen LogP contribution in [0.3, 0.4) is 0 Å². The van der Waals surface area contributed by atoms with Gasteiger partial charge in [-0.05, 0) is 24.7 Å². The van der Waals surface area contributed by atoms with Crippen LogP contribution in [0.25, 0.3) is 0 Å². The van der Waals surface area contributed by atoms with Gasteiger partial charge in [-0.3, -0.25) is 0 Å². The van der Waals surface area contributed by atoms with E-state index in [9.17, 15) is 5.11 Å². The fraction of sp³-hybridized carbons (Fsp3) is 1.00. The molecule has 1 aliphatic heterocycles. The lowest BCUT2D eigenvalue weighted by molar-refractivity contribution is 0.150. The molecule has 1 saturated carbocycles. The first kappa shape index (κ1) is 9.47. The van der Waals surface area contributed by atoms with Gasteiger partial charge in [0.25, 0.3) is 0 Å². The monoisotopic (exact) mass is 183 g/mol. The molecule has 1 N–H and O–H groups in total. The van der Waals surface area contributed by atoms with Crippen LogP contribution in [0.2, 0.25) is 0 Å². The minimum atomic E-state index is -0.0509. The topological polar surface area (TPSA) is 23.5 Å². The highest BCUT2D eigenvalue weighted by molar-refractivity contribution is 4.86. The molecule has 76 valence electrons. The Morgan fingerprint density at radius 2 is 2.08 bits per heavy atom. The summed E-state index contributed by atoms with van der Waals surface area (Å²) >= 11 is 0. The van der Waals surface area contributed by atoms with Crippen LogP contribution in [0.4, 0.5) is 0 Å². The zero-order valence-electron chi connectivity index (χ0n) is 8.63. The maximum absolute atomic E-state index is 9.42. The van der Waals surface area contributed by atoms with Crippen molar-refractivity contribution in [1.29, 1.82) is 0 Å². The van der Waals surface area contributed by atoms with E-state index in [0.717, 1.165) is 19.5 Å². The molecular weight excluding hydrogens is 162 g/mol. The highest BCUT2D eigenvalue weighted by Crippen LogP contribution is 2.38. The second kappa shape index (κ2) is 3.58. The summed E-state index contributed by atoms with van der Waals surface area (Å²) in [6, 6.07) is 0. The Morgan fingerprint density at radius 3 is 2.62 bits per heavy atom. The van der Waals surface area contributed by atoms with Crippen molar-refractivity contribution in [3.63, 3.8) is 0 Å². The predicted molar refractivity (Wildman–Crippen MR) is 53.6 cm³/mol. The Labute approximate surface area is 80.9 Å². The second-order valence-corrected chi connectivity index (χ2v) is 5.20. The molecule has 0 radical (unpaired) electrons. The Balaban J connectivity index is 1.83. The fourth-order valence-corrected chi connectivity index (χ4v) is 2.88. The lowest BCUT2D eigenvalue weighted by Gasteiger charge is -2.29. The van der Waals surface area contributed by atoms with Gasteiger partial charge in [-0.25, -0.2) is 0 Å². The van der Waals surface area contributed by atoms with Gasteiger partial charge < -0.3 is 10.0 Å². The number of hydrogen-bond acceptors (Lipinski definition) is 2. The van der Waals surface area contributed by atoms with Crippen molar-refractivity contribution in [1.82, 2.24) is 4.90 Å². The summed E-state index contributed by atoms with van der Waals surface area (Å²) in [5.74, 6) is 0. The van der Waals surface area contributed by atoms with Crippen molar-refractivity contribution in [3.8, 4) is 0 Å². The summed E-state index contributed by atoms with van der Waals surface area (Å²) < 4.78 is 0. The summed E-state index contributed by atoms with van der Waals surface area (Å²) in [5.41, 5.74) is 0.560. The average molecular weight is 183 g/mol. The molecule has 0 aromatic rings. The molecule has 13 heavy (non-hydrogen) atoms. The molecule has 1 atom stereocenters. The number of aliphatic hydroxyl groups excluding tert-OH is 1. The first-order valence-corrected chi connectivity index (χ1v) is 5.58. The van der Waals surface area contributed by atoms with Crippen molar-refractivity contribution in [2.24, 2.45) is 5.41 Å². The molecule has 0 aromatic heterocycles. The van der Waals surface area contributed by atoms with Gasteiger partial charge in [-0.1, -0.05) is 19.8 Å². The van der Waals surface area contributed by atoms with Crippen molar-refractivity contribution >= 4 is 0 Å². The molecule has 0 spiro atoms. The summed E-state index contributed by atoms with van der Waals surface area (Å²) in [6.45, 7) is 5.64. The predicted octanol–water partition coefficient (Wildman–Crippen LogP) is 1.63. The van der Waals surface area contributed by atoms with E-state index in [0.29, 0.717) is 5.41 Å². The van der Waals surface area contributed by atoms with E-state index in [1.807, 2.05) is 0 Å². The van der Waals surface area contributed by atoms with E-state index in [-0.39, 0.29) is 6.10 Å². The lowest BCUT2D eigenvalue weighted by Crippen LogP contribution is -2.33. The van der Waals surface area contributed by atoms with Gasteiger partial charge in [-0.2, -0.15) is 0 Å². The third kappa shape index (κ3) is 2.23. The van der Waals surface area contributed by atoms with Crippen LogP contribution in [0, 0.1) is 5.41 Å². The molecule has 0 bridgehead atoms. The normalized spacial score (nSPS) is 34.2. The summed E-state index contributed by atoms with van der Waals surface area (Å²) in [4.78, 5) is 2.44. The molecule has 0 amide bonds. The van der Waals surface area contributed by atoms with Crippen LogP contribution in [-0.4, -0.2) is 35.7 Å². The second-order valence-electron chi connectivity index (χ2n) is 5.20. The molecule has 1 heterocycles. The van der Waals surface area contributed by atoms with Crippen LogP contribution in [-0.2, 0) is 0 Å². The van der Waals surface area contributed by atoms with Crippen LogP contribution in [0.15, 0.2) is 0 Å². The molecule has 0 unspecified atom stereocenters. The standard InChI is InChI=1S/C11H21NO/c1-11(5-2-3-6-11)9-12-7-4-10(13)8-12/h10,13H,2-9H2,1H3/t10-/m0/s1. The van der Waals surface area contributed by atoms with Crippen molar-refractivity contribution in [3.05, 3.63) is 0 Å². The summed E-state index contributed by atoms with van der Waals surface area (Å²) in [7, 11) is 0. The SMILES string of the molecule is CC1(CN2CC[C@H](O)C2)CCCC1. The number of β-amino-alcohol motifs (C(OH)–C–C–N with tert-alkyl or cyclic N) is 1. The molecular formula is C11H21NO. The van der Waals surface area contributed by atoms with E-state index in [1.165, 1.54) is 32.2 Å². The quantitative estimate of drug-likeness (QED) is 0.703. The van der Waals surface area contributed by atoms with E-state index in [2.05, 4.69) is 11.8 Å². The summed E-state index contributed by atoms with van der Waals surface area (Å²) in [6.07, 6.45) is 6.53. The van der Waals surface area contributed by atoms with E-state index in [1.54, 1.807) is 0 Å². The van der Waals surface area contributed by atoms with Crippen LogP contribution < -0.4 is 0 Å². The smallest absolute Gasteiger partial charge is 0.0679 e. The molecule has 2 nitrogen and oxygen atoms in total. The molecule has 1 saturated heterocycles. The lowest BCUT2D eigenvalue weighted by atomic mass is 9.88. The number of likely N-dealkylation sites (tertiary alicyclic amines) is 1. The van der Waals surface area contributed by atoms with E-state index < -0.39 is 0 Å². The number of hydrogen-bond donors (Lipinski definition) is 1. The minimum absolute atomic E-state index is 0.0509. The molecule has 2 heteroatoms. The first-order chi connectivity index (χ1) is 6.18. The zero-order valence-corrected chi connectivity index (χ0v) is 8.63.